The molecule has 2 amide bonds. The number of hydrogen-bond acceptors (Lipinski definition) is 6. The second kappa shape index (κ2) is 14.1. The number of halogens is 1. The number of ether oxygens (including phenoxy) is 1. The van der Waals surface area contributed by atoms with E-state index in [1.54, 1.807) is 67.6 Å². The van der Waals surface area contributed by atoms with E-state index in [1.165, 1.54) is 24.8 Å². The van der Waals surface area contributed by atoms with Gasteiger partial charge in [-0.3, -0.25) is 13.9 Å². The first-order chi connectivity index (χ1) is 19.7. The van der Waals surface area contributed by atoms with Gasteiger partial charge in [0.05, 0.1) is 16.8 Å². The van der Waals surface area contributed by atoms with Gasteiger partial charge in [-0.15, -0.1) is 0 Å². The first-order valence-electron chi connectivity index (χ1n) is 13.4. The smallest absolute Gasteiger partial charge is 0.264 e. The first-order valence-corrected chi connectivity index (χ1v) is 15.2. The van der Waals surface area contributed by atoms with Crippen LogP contribution >= 0.6 is 11.6 Å². The number of anilines is 1. The van der Waals surface area contributed by atoms with Crippen LogP contribution in [-0.2, 0) is 19.6 Å². The van der Waals surface area contributed by atoms with Crippen LogP contribution in [0.3, 0.4) is 0 Å². The van der Waals surface area contributed by atoms with E-state index in [2.05, 4.69) is 15.8 Å². The number of amides is 2. The molecule has 3 aromatic rings. The summed E-state index contributed by atoms with van der Waals surface area (Å²) in [5, 5.41) is 7.45. The summed E-state index contributed by atoms with van der Waals surface area (Å²) in [6, 6.07) is 19.8. The van der Waals surface area contributed by atoms with Crippen LogP contribution < -0.4 is 19.8 Å². The van der Waals surface area contributed by atoms with Crippen LogP contribution in [0.15, 0.2) is 82.8 Å². The van der Waals surface area contributed by atoms with Crippen molar-refractivity contribution in [2.24, 2.45) is 5.10 Å². The van der Waals surface area contributed by atoms with Crippen molar-refractivity contribution < 1.29 is 22.7 Å². The highest BCUT2D eigenvalue weighted by Crippen LogP contribution is 2.28. The number of aryl methyl sites for hydroxylation is 1. The lowest BCUT2D eigenvalue weighted by molar-refractivity contribution is -0.124. The molecule has 2 N–H and O–H groups in total. The summed E-state index contributed by atoms with van der Waals surface area (Å²) in [4.78, 5) is 25.0. The second-order valence-corrected chi connectivity index (χ2v) is 12.1. The molecule has 0 atom stereocenters. The third-order valence-electron chi connectivity index (χ3n) is 6.67. The molecule has 0 aromatic heterocycles. The van der Waals surface area contributed by atoms with Crippen LogP contribution in [-0.4, -0.2) is 45.6 Å². The largest absolute Gasteiger partial charge is 0.484 e. The molecule has 0 spiro atoms. The van der Waals surface area contributed by atoms with Gasteiger partial charge in [0, 0.05) is 11.1 Å². The lowest BCUT2D eigenvalue weighted by Crippen LogP contribution is -2.40. The first kappa shape index (κ1) is 30.1. The van der Waals surface area contributed by atoms with Crippen molar-refractivity contribution in [3.05, 3.63) is 88.9 Å². The van der Waals surface area contributed by atoms with Crippen molar-refractivity contribution in [3.8, 4) is 5.75 Å². The molecule has 1 aliphatic carbocycles. The minimum absolute atomic E-state index is 0.0550. The third-order valence-corrected chi connectivity index (χ3v) is 8.68. The molecule has 0 heterocycles. The zero-order chi connectivity index (χ0) is 29.2. The average Bonchev–Trinajstić information content (AvgIpc) is 2.97. The van der Waals surface area contributed by atoms with Gasteiger partial charge in [0.1, 0.15) is 12.3 Å². The van der Waals surface area contributed by atoms with Crippen molar-refractivity contribution in [2.45, 2.75) is 50.0 Å². The SMILES string of the molecule is Cc1cc(Cl)ccc1N(CC(=O)N/N=C\c1ccc(OCC(=O)NC2CCCCC2)cc1)S(=O)(=O)c1ccccc1. The molecular formula is C30H33ClN4O5S. The summed E-state index contributed by atoms with van der Waals surface area (Å²) in [6.45, 7) is 1.17. The monoisotopic (exact) mass is 596 g/mol. The maximum atomic E-state index is 13.5. The van der Waals surface area contributed by atoms with Gasteiger partial charge in [-0.05, 0) is 85.5 Å². The van der Waals surface area contributed by atoms with Gasteiger partial charge in [-0.2, -0.15) is 5.10 Å². The van der Waals surface area contributed by atoms with Crippen molar-refractivity contribution in [2.75, 3.05) is 17.5 Å². The van der Waals surface area contributed by atoms with Crippen molar-refractivity contribution in [1.29, 1.82) is 0 Å². The van der Waals surface area contributed by atoms with Gasteiger partial charge in [-0.1, -0.05) is 49.1 Å². The Morgan fingerprint density at radius 3 is 2.39 bits per heavy atom. The van der Waals surface area contributed by atoms with Gasteiger partial charge in [0.25, 0.3) is 21.8 Å². The predicted molar refractivity (Wildman–Crippen MR) is 160 cm³/mol. The van der Waals surface area contributed by atoms with E-state index >= 15 is 0 Å². The van der Waals surface area contributed by atoms with E-state index in [4.69, 9.17) is 16.3 Å². The number of rotatable bonds is 11. The Balaban J connectivity index is 1.35. The molecule has 1 aliphatic rings. The fourth-order valence-electron chi connectivity index (χ4n) is 4.58. The number of carbonyl (C=O) groups is 2. The molecule has 9 nitrogen and oxygen atoms in total. The number of nitrogens with one attached hydrogen (secondary N) is 2. The molecule has 0 aliphatic heterocycles. The van der Waals surface area contributed by atoms with Gasteiger partial charge in [0.15, 0.2) is 6.61 Å². The zero-order valence-electron chi connectivity index (χ0n) is 22.8. The van der Waals surface area contributed by atoms with Crippen molar-refractivity contribution in [1.82, 2.24) is 10.7 Å². The van der Waals surface area contributed by atoms with Crippen molar-refractivity contribution in [3.63, 3.8) is 0 Å². The molecule has 0 bridgehead atoms. The van der Waals surface area contributed by atoms with E-state index in [0.717, 1.165) is 30.0 Å². The number of sulfonamides is 1. The van der Waals surface area contributed by atoms with Gasteiger partial charge >= 0.3 is 0 Å². The summed E-state index contributed by atoms with van der Waals surface area (Å²) in [7, 11) is -4.05. The van der Waals surface area contributed by atoms with E-state index < -0.39 is 22.5 Å². The summed E-state index contributed by atoms with van der Waals surface area (Å²) in [5.41, 5.74) is 4.00. The fourth-order valence-corrected chi connectivity index (χ4v) is 6.31. The normalized spacial score (nSPS) is 14.0. The molecular weight excluding hydrogens is 564 g/mol. The molecule has 1 saturated carbocycles. The molecule has 3 aromatic carbocycles. The standard InChI is InChI=1S/C30H33ClN4O5S/c1-22-18-24(31)14-17-28(22)35(41(38,39)27-10-6-3-7-11-27)20-29(36)34-32-19-23-12-15-26(16-13-23)40-21-30(37)33-25-8-4-2-5-9-25/h3,6-7,10-19,25H,2,4-5,8-9,20-21H2,1H3,(H,33,37)(H,34,36)/b32-19-. The maximum Gasteiger partial charge on any atom is 0.264 e. The Kier molecular flexibility index (Phi) is 10.4. The molecule has 41 heavy (non-hydrogen) atoms. The highest BCUT2D eigenvalue weighted by molar-refractivity contribution is 7.92. The van der Waals surface area contributed by atoms with Gasteiger partial charge < -0.3 is 10.1 Å². The Bertz CT molecular complexity index is 1470. The molecule has 0 radical (unpaired) electrons. The molecule has 216 valence electrons. The third kappa shape index (κ3) is 8.55. The Labute approximate surface area is 245 Å². The summed E-state index contributed by atoms with van der Waals surface area (Å²) in [6.07, 6.45) is 6.96. The van der Waals surface area contributed by atoms with Crippen LogP contribution in [0.4, 0.5) is 5.69 Å². The molecule has 1 fully saturated rings. The van der Waals surface area contributed by atoms with E-state index in [0.29, 0.717) is 27.6 Å². The number of benzene rings is 3. The zero-order valence-corrected chi connectivity index (χ0v) is 24.3. The molecule has 4 rings (SSSR count). The van der Waals surface area contributed by atoms with Crippen LogP contribution in [0.2, 0.25) is 5.02 Å². The number of hydrazone groups is 1. The number of hydrogen-bond donors (Lipinski definition) is 2. The molecule has 11 heteroatoms. The topological polar surface area (TPSA) is 117 Å². The van der Waals surface area contributed by atoms with Crippen molar-refractivity contribution >= 4 is 45.3 Å². The molecule has 0 saturated heterocycles. The number of carbonyl (C=O) groups excluding carboxylic acids is 2. The van der Waals surface area contributed by atoms with Crippen LogP contribution in [0.5, 0.6) is 5.75 Å². The lowest BCUT2D eigenvalue weighted by atomic mass is 9.95. The average molecular weight is 597 g/mol. The lowest BCUT2D eigenvalue weighted by Gasteiger charge is -2.25. The highest BCUT2D eigenvalue weighted by Gasteiger charge is 2.28. The summed E-state index contributed by atoms with van der Waals surface area (Å²) < 4.78 is 33.5. The predicted octanol–water partition coefficient (Wildman–Crippen LogP) is 4.82. The van der Waals surface area contributed by atoms with Gasteiger partial charge in [-0.25, -0.2) is 13.8 Å². The number of nitrogens with zero attached hydrogens (tertiary/aromatic N) is 2. The van der Waals surface area contributed by atoms with E-state index in [-0.39, 0.29) is 23.5 Å². The van der Waals surface area contributed by atoms with Crippen LogP contribution in [0, 0.1) is 6.92 Å². The second-order valence-electron chi connectivity index (χ2n) is 9.81. The highest BCUT2D eigenvalue weighted by atomic mass is 35.5. The minimum Gasteiger partial charge on any atom is -0.484 e. The minimum atomic E-state index is -4.05. The fraction of sp³-hybridized carbons (Fsp3) is 0.300. The maximum absolute atomic E-state index is 13.5. The van der Waals surface area contributed by atoms with Crippen LogP contribution in [0.25, 0.3) is 0 Å². The molecule has 0 unspecified atom stereocenters. The van der Waals surface area contributed by atoms with Crippen LogP contribution in [0.1, 0.15) is 43.2 Å². The van der Waals surface area contributed by atoms with E-state index in [1.807, 2.05) is 0 Å². The van der Waals surface area contributed by atoms with Gasteiger partial charge in [0.2, 0.25) is 0 Å². The summed E-state index contributed by atoms with van der Waals surface area (Å²) in [5.74, 6) is -0.230. The summed E-state index contributed by atoms with van der Waals surface area (Å²) >= 11 is 6.07. The Morgan fingerprint density at radius 1 is 1.00 bits per heavy atom. The quantitative estimate of drug-likeness (QED) is 0.243. The van der Waals surface area contributed by atoms with E-state index in [9.17, 15) is 18.0 Å². The Morgan fingerprint density at radius 2 is 1.71 bits per heavy atom. The Hall–Kier alpha value is -3.89.